The molecule has 1 saturated heterocycles. The van der Waals surface area contributed by atoms with Crippen molar-refractivity contribution in [3.05, 3.63) is 82.6 Å². The van der Waals surface area contributed by atoms with E-state index in [4.69, 9.17) is 4.74 Å². The van der Waals surface area contributed by atoms with Gasteiger partial charge >= 0.3 is 0 Å². The monoisotopic (exact) mass is 382 g/mol. The van der Waals surface area contributed by atoms with Gasteiger partial charge in [0.1, 0.15) is 0 Å². The quantitative estimate of drug-likeness (QED) is 0.627. The van der Waals surface area contributed by atoms with Crippen molar-refractivity contribution in [1.82, 2.24) is 4.57 Å². The second kappa shape index (κ2) is 6.46. The van der Waals surface area contributed by atoms with Gasteiger partial charge in [-0.1, -0.05) is 34.1 Å². The van der Waals surface area contributed by atoms with Crippen molar-refractivity contribution in [3.8, 4) is 5.69 Å². The van der Waals surface area contributed by atoms with Crippen LogP contribution in [0.2, 0.25) is 0 Å². The fraction of sp³-hybridized carbons (Fsp3) is 0.200. The first kappa shape index (κ1) is 15.5. The highest BCUT2D eigenvalue weighted by Crippen LogP contribution is 2.33. The van der Waals surface area contributed by atoms with E-state index in [0.29, 0.717) is 0 Å². The molecule has 2 heterocycles. The van der Waals surface area contributed by atoms with Crippen LogP contribution in [0, 0.1) is 6.92 Å². The topological polar surface area (TPSA) is 17.4 Å². The molecule has 24 heavy (non-hydrogen) atoms. The molecular formula is C20H19BrN2O. The van der Waals surface area contributed by atoms with Gasteiger partial charge in [0.15, 0.2) is 6.23 Å². The molecule has 1 aromatic heterocycles. The Labute approximate surface area is 150 Å². The van der Waals surface area contributed by atoms with E-state index in [2.05, 4.69) is 87.2 Å². The molecule has 1 fully saturated rings. The van der Waals surface area contributed by atoms with Gasteiger partial charge in [0, 0.05) is 40.3 Å². The van der Waals surface area contributed by atoms with E-state index in [0.717, 1.165) is 23.3 Å². The zero-order valence-corrected chi connectivity index (χ0v) is 15.1. The average Bonchev–Trinajstić information content (AvgIpc) is 3.24. The van der Waals surface area contributed by atoms with Crippen LogP contribution in [0.4, 0.5) is 5.69 Å². The lowest BCUT2D eigenvalue weighted by atomic mass is 10.2. The highest BCUT2D eigenvalue weighted by atomic mass is 79.9. The van der Waals surface area contributed by atoms with Crippen LogP contribution in [-0.4, -0.2) is 17.7 Å². The van der Waals surface area contributed by atoms with Crippen LogP contribution in [0.25, 0.3) is 5.69 Å². The van der Waals surface area contributed by atoms with E-state index < -0.39 is 0 Å². The highest BCUT2D eigenvalue weighted by Gasteiger charge is 2.27. The third-order valence-electron chi connectivity index (χ3n) is 4.33. The van der Waals surface area contributed by atoms with Gasteiger partial charge in [0.2, 0.25) is 0 Å². The minimum atomic E-state index is -0.0276. The van der Waals surface area contributed by atoms with Crippen molar-refractivity contribution in [1.29, 1.82) is 0 Å². The van der Waals surface area contributed by atoms with Crippen LogP contribution in [0.1, 0.15) is 17.4 Å². The molecule has 3 nitrogen and oxygen atoms in total. The van der Waals surface area contributed by atoms with E-state index in [1.54, 1.807) is 0 Å². The molecule has 1 atom stereocenters. The Balaban J connectivity index is 1.64. The van der Waals surface area contributed by atoms with Gasteiger partial charge in [-0.05, 0) is 48.9 Å². The molecule has 122 valence electrons. The number of hydrogen-bond donors (Lipinski definition) is 0. The normalized spacial score (nSPS) is 17.4. The van der Waals surface area contributed by atoms with E-state index in [-0.39, 0.29) is 6.23 Å². The number of halogens is 1. The van der Waals surface area contributed by atoms with E-state index in [9.17, 15) is 0 Å². The number of benzene rings is 2. The summed E-state index contributed by atoms with van der Waals surface area (Å²) in [6.45, 7) is 3.79. The minimum Gasteiger partial charge on any atom is -0.352 e. The molecular weight excluding hydrogens is 364 g/mol. The molecule has 4 heteroatoms. The summed E-state index contributed by atoms with van der Waals surface area (Å²) in [4.78, 5) is 2.33. The third kappa shape index (κ3) is 2.99. The van der Waals surface area contributed by atoms with Gasteiger partial charge in [0.05, 0.1) is 6.61 Å². The predicted molar refractivity (Wildman–Crippen MR) is 101 cm³/mol. The predicted octanol–water partition coefficient (Wildman–Crippen LogP) is 5.08. The molecule has 3 aromatic rings. The first-order valence-electron chi connectivity index (χ1n) is 8.09. The maximum atomic E-state index is 6.02. The lowest BCUT2D eigenvalue weighted by Crippen LogP contribution is -2.23. The molecule has 1 aliphatic rings. The Bertz CT molecular complexity index is 858. The number of aryl methyl sites for hydroxylation is 1. The minimum absolute atomic E-state index is 0.0276. The Morgan fingerprint density at radius 1 is 1.04 bits per heavy atom. The fourth-order valence-electron chi connectivity index (χ4n) is 3.17. The maximum Gasteiger partial charge on any atom is 0.158 e. The molecule has 0 N–H and O–H groups in total. The third-order valence-corrected chi connectivity index (χ3v) is 4.82. The van der Waals surface area contributed by atoms with E-state index >= 15 is 0 Å². The van der Waals surface area contributed by atoms with Crippen molar-refractivity contribution in [2.45, 2.75) is 13.2 Å². The lowest BCUT2D eigenvalue weighted by molar-refractivity contribution is 0.114. The summed E-state index contributed by atoms with van der Waals surface area (Å²) in [6, 6.07) is 19.0. The SMILES string of the molecule is Cc1cccc(N2CCO[C@H]2c2ccn(-c3cccc(Br)c3)c2)c1. The molecule has 0 radical (unpaired) electrons. The molecule has 0 spiro atoms. The van der Waals surface area contributed by atoms with Gasteiger partial charge in [0.25, 0.3) is 0 Å². The number of aromatic nitrogens is 1. The number of ether oxygens (including phenoxy) is 1. The summed E-state index contributed by atoms with van der Waals surface area (Å²) in [6.07, 6.45) is 4.22. The number of hydrogen-bond acceptors (Lipinski definition) is 2. The lowest BCUT2D eigenvalue weighted by Gasteiger charge is -2.25. The fourth-order valence-corrected chi connectivity index (χ4v) is 3.56. The molecule has 2 aromatic carbocycles. The van der Waals surface area contributed by atoms with Crippen molar-refractivity contribution in [2.75, 3.05) is 18.1 Å². The molecule has 0 saturated carbocycles. The first-order chi connectivity index (χ1) is 11.7. The van der Waals surface area contributed by atoms with Crippen molar-refractivity contribution in [3.63, 3.8) is 0 Å². The summed E-state index contributed by atoms with van der Waals surface area (Å²) in [7, 11) is 0. The Kier molecular flexibility index (Phi) is 4.17. The number of nitrogens with zero attached hydrogens (tertiary/aromatic N) is 2. The van der Waals surface area contributed by atoms with Crippen molar-refractivity contribution >= 4 is 21.6 Å². The largest absolute Gasteiger partial charge is 0.352 e. The van der Waals surface area contributed by atoms with Crippen LogP contribution in [0.15, 0.2) is 71.5 Å². The highest BCUT2D eigenvalue weighted by molar-refractivity contribution is 9.10. The molecule has 4 rings (SSSR count). The summed E-state index contributed by atoms with van der Waals surface area (Å²) in [5, 5.41) is 0. The number of anilines is 1. The van der Waals surface area contributed by atoms with Gasteiger partial charge in [-0.3, -0.25) is 0 Å². The van der Waals surface area contributed by atoms with Gasteiger partial charge in [-0.2, -0.15) is 0 Å². The van der Waals surface area contributed by atoms with Crippen LogP contribution >= 0.6 is 15.9 Å². The van der Waals surface area contributed by atoms with E-state index in [1.165, 1.54) is 16.8 Å². The van der Waals surface area contributed by atoms with Crippen molar-refractivity contribution in [2.24, 2.45) is 0 Å². The van der Waals surface area contributed by atoms with Gasteiger partial charge in [-0.15, -0.1) is 0 Å². The molecule has 0 unspecified atom stereocenters. The molecule has 1 aliphatic heterocycles. The smallest absolute Gasteiger partial charge is 0.158 e. The average molecular weight is 383 g/mol. The second-order valence-electron chi connectivity index (χ2n) is 6.09. The second-order valence-corrected chi connectivity index (χ2v) is 7.00. The van der Waals surface area contributed by atoms with Gasteiger partial charge in [-0.25, -0.2) is 0 Å². The summed E-state index contributed by atoms with van der Waals surface area (Å²) in [5.41, 5.74) is 4.79. The maximum absolute atomic E-state index is 6.02. The van der Waals surface area contributed by atoms with Crippen LogP contribution in [-0.2, 0) is 4.74 Å². The summed E-state index contributed by atoms with van der Waals surface area (Å²) in [5.74, 6) is 0. The number of rotatable bonds is 3. The Hall–Kier alpha value is -2.04. The standard InChI is InChI=1S/C20H19BrN2O/c1-15-4-2-7-19(12-15)23-10-11-24-20(23)16-8-9-22(14-16)18-6-3-5-17(21)13-18/h2-9,12-14,20H,10-11H2,1H3/t20-/m0/s1. The molecule has 0 bridgehead atoms. The van der Waals surface area contributed by atoms with Crippen molar-refractivity contribution < 1.29 is 4.74 Å². The van der Waals surface area contributed by atoms with Gasteiger partial charge < -0.3 is 14.2 Å². The molecule has 0 aliphatic carbocycles. The summed E-state index contributed by atoms with van der Waals surface area (Å²) >= 11 is 3.53. The van der Waals surface area contributed by atoms with Crippen LogP contribution in [0.3, 0.4) is 0 Å². The Morgan fingerprint density at radius 2 is 1.88 bits per heavy atom. The summed E-state index contributed by atoms with van der Waals surface area (Å²) < 4.78 is 9.23. The van der Waals surface area contributed by atoms with Crippen LogP contribution < -0.4 is 4.90 Å². The first-order valence-corrected chi connectivity index (χ1v) is 8.89. The van der Waals surface area contributed by atoms with Crippen LogP contribution in [0.5, 0.6) is 0 Å². The van der Waals surface area contributed by atoms with E-state index in [1.807, 2.05) is 12.1 Å². The zero-order chi connectivity index (χ0) is 16.5. The zero-order valence-electron chi connectivity index (χ0n) is 13.5. The Morgan fingerprint density at radius 3 is 2.71 bits per heavy atom. The molecule has 0 amide bonds.